The molecule has 0 amide bonds. The number of carbonyl (C=O) groups is 2. The maximum atomic E-state index is 9.92. The van der Waals surface area contributed by atoms with Crippen LogP contribution in [0.4, 0.5) is 0 Å². The molecule has 0 aromatic carbocycles. The van der Waals surface area contributed by atoms with Gasteiger partial charge in [0.1, 0.15) is 0 Å². The first-order valence-corrected chi connectivity index (χ1v) is 7.94. The molecule has 0 saturated heterocycles. The molecule has 0 spiro atoms. The van der Waals surface area contributed by atoms with Crippen LogP contribution in [0, 0.1) is 0 Å². The average Bonchev–Trinajstić information content (AvgIpc) is 2.38. The summed E-state index contributed by atoms with van der Waals surface area (Å²) in [6.45, 7) is 4.28. The molecule has 0 aromatic heterocycles. The fourth-order valence-electron chi connectivity index (χ4n) is 1.75. The largest absolute Gasteiger partial charge is 2.00 e. The zero-order valence-corrected chi connectivity index (χ0v) is 17.3. The summed E-state index contributed by atoms with van der Waals surface area (Å²) in [4.78, 5) is 19.8. The van der Waals surface area contributed by atoms with Crippen molar-refractivity contribution in [1.29, 1.82) is 0 Å². The Kier molecular flexibility index (Phi) is 28.5. The quantitative estimate of drug-likeness (QED) is 0.386. The molecule has 0 aliphatic rings. The van der Waals surface area contributed by atoms with Crippen LogP contribution in [0.1, 0.15) is 90.9 Å². The first kappa shape index (κ1) is 26.3. The molecule has 0 radical (unpaired) electrons. The van der Waals surface area contributed by atoms with Crippen LogP contribution in [-0.4, -0.2) is 57.4 Å². The minimum absolute atomic E-state index is 0. The Morgan fingerprint density at radius 3 is 1.14 bits per heavy atom. The second-order valence-electron chi connectivity index (χ2n) is 5.07. The van der Waals surface area contributed by atoms with Gasteiger partial charge in [-0.3, -0.25) is 0 Å². The van der Waals surface area contributed by atoms with Crippen LogP contribution in [0.3, 0.4) is 0 Å². The van der Waals surface area contributed by atoms with E-state index in [4.69, 9.17) is 0 Å². The molecule has 0 bridgehead atoms. The fourth-order valence-corrected chi connectivity index (χ4v) is 1.75. The predicted octanol–water partition coefficient (Wildman–Crippen LogP) is 1.81. The second-order valence-corrected chi connectivity index (χ2v) is 5.07. The van der Waals surface area contributed by atoms with Gasteiger partial charge in [0.2, 0.25) is 0 Å². The Labute approximate surface area is 167 Å². The average molecular weight is 374 g/mol. The normalized spacial score (nSPS) is 9.24. The molecule has 0 unspecified atom stereocenters. The van der Waals surface area contributed by atoms with Crippen molar-refractivity contribution < 1.29 is 19.8 Å². The number of carboxylic acids is 2. The molecule has 0 saturated carbocycles. The van der Waals surface area contributed by atoms with E-state index in [9.17, 15) is 19.8 Å². The first-order valence-electron chi connectivity index (χ1n) is 7.94. The molecule has 0 N–H and O–H groups in total. The van der Waals surface area contributed by atoms with Gasteiger partial charge in [0.25, 0.3) is 0 Å². The SMILES string of the molecule is CCCCCCCC(=O)[O-].CCCCCCCC(=O)[O-].[Sr+2]. The van der Waals surface area contributed by atoms with Gasteiger partial charge in [0.05, 0.1) is 0 Å². The van der Waals surface area contributed by atoms with Gasteiger partial charge in [-0.05, 0) is 25.7 Å². The van der Waals surface area contributed by atoms with Crippen molar-refractivity contribution in [2.75, 3.05) is 0 Å². The molecule has 0 aliphatic heterocycles. The maximum absolute atomic E-state index is 9.92. The minimum atomic E-state index is -0.920. The Hall–Kier alpha value is 0.421. The maximum Gasteiger partial charge on any atom is 2.00 e. The van der Waals surface area contributed by atoms with E-state index in [-0.39, 0.29) is 58.3 Å². The van der Waals surface area contributed by atoms with E-state index >= 15 is 0 Å². The molecule has 0 aliphatic carbocycles. The molecule has 5 heteroatoms. The van der Waals surface area contributed by atoms with Crippen molar-refractivity contribution in [2.45, 2.75) is 90.9 Å². The Morgan fingerprint density at radius 1 is 0.619 bits per heavy atom. The third kappa shape index (κ3) is 33.3. The van der Waals surface area contributed by atoms with Crippen LogP contribution >= 0.6 is 0 Å². The Bertz CT molecular complexity index is 208. The van der Waals surface area contributed by atoms with Gasteiger partial charge >= 0.3 is 45.5 Å². The summed E-state index contributed by atoms with van der Waals surface area (Å²) in [7, 11) is 0. The van der Waals surface area contributed by atoms with Crippen molar-refractivity contribution in [2.24, 2.45) is 0 Å². The molecular weight excluding hydrogens is 344 g/mol. The zero-order valence-electron chi connectivity index (χ0n) is 13.8. The summed E-state index contributed by atoms with van der Waals surface area (Å²) in [6.07, 6.45) is 11.2. The van der Waals surface area contributed by atoms with E-state index in [0.29, 0.717) is 0 Å². The summed E-state index contributed by atoms with van der Waals surface area (Å²) in [5.74, 6) is -1.84. The van der Waals surface area contributed by atoms with Gasteiger partial charge in [-0.15, -0.1) is 0 Å². The van der Waals surface area contributed by atoms with E-state index in [2.05, 4.69) is 13.8 Å². The molecule has 120 valence electrons. The molecule has 0 atom stereocenters. The van der Waals surface area contributed by atoms with Crippen LogP contribution in [0.15, 0.2) is 0 Å². The number of hydrogen-bond acceptors (Lipinski definition) is 4. The zero-order chi connectivity index (χ0) is 15.6. The predicted molar refractivity (Wildman–Crippen MR) is 82.5 cm³/mol. The summed E-state index contributed by atoms with van der Waals surface area (Å²) in [5.41, 5.74) is 0. The van der Waals surface area contributed by atoms with Crippen molar-refractivity contribution >= 4 is 57.4 Å². The van der Waals surface area contributed by atoms with Crippen molar-refractivity contribution in [3.8, 4) is 0 Å². The molecule has 4 nitrogen and oxygen atoms in total. The minimum Gasteiger partial charge on any atom is -0.550 e. The fraction of sp³-hybridized carbons (Fsp3) is 0.875. The van der Waals surface area contributed by atoms with Crippen molar-refractivity contribution in [1.82, 2.24) is 0 Å². The van der Waals surface area contributed by atoms with E-state index < -0.39 is 11.9 Å². The topological polar surface area (TPSA) is 80.3 Å². The van der Waals surface area contributed by atoms with E-state index in [1.54, 1.807) is 0 Å². The molecule has 21 heavy (non-hydrogen) atoms. The van der Waals surface area contributed by atoms with Crippen LogP contribution in [0.2, 0.25) is 0 Å². The van der Waals surface area contributed by atoms with Crippen LogP contribution in [0.5, 0.6) is 0 Å². The Balaban J connectivity index is -0.000000295. The number of unbranched alkanes of at least 4 members (excludes halogenated alkanes) is 8. The molecule has 0 rings (SSSR count). The van der Waals surface area contributed by atoms with E-state index in [1.807, 2.05) is 0 Å². The van der Waals surface area contributed by atoms with Gasteiger partial charge in [-0.25, -0.2) is 0 Å². The van der Waals surface area contributed by atoms with Gasteiger partial charge in [0.15, 0.2) is 0 Å². The van der Waals surface area contributed by atoms with E-state index in [1.165, 1.54) is 25.7 Å². The van der Waals surface area contributed by atoms with Crippen molar-refractivity contribution in [3.63, 3.8) is 0 Å². The van der Waals surface area contributed by atoms with Crippen LogP contribution in [-0.2, 0) is 9.59 Å². The molecular formula is C16H30O4Sr. The third-order valence-electron chi connectivity index (χ3n) is 2.97. The first-order chi connectivity index (χ1) is 9.54. The summed E-state index contributed by atoms with van der Waals surface area (Å²) >= 11 is 0. The third-order valence-corrected chi connectivity index (χ3v) is 2.97. The van der Waals surface area contributed by atoms with Crippen LogP contribution in [0.25, 0.3) is 0 Å². The summed E-state index contributed by atoms with van der Waals surface area (Å²) in [6, 6.07) is 0. The second kappa shape index (κ2) is 22.7. The van der Waals surface area contributed by atoms with E-state index in [0.717, 1.165) is 38.5 Å². The number of rotatable bonds is 12. The van der Waals surface area contributed by atoms with Gasteiger partial charge in [0, 0.05) is 11.9 Å². The molecule has 0 fully saturated rings. The van der Waals surface area contributed by atoms with Crippen LogP contribution < -0.4 is 10.2 Å². The number of hydrogen-bond donors (Lipinski definition) is 0. The molecule has 0 heterocycles. The standard InChI is InChI=1S/2C8H16O2.Sr/c2*1-2-3-4-5-6-7-8(9)10;/h2*2-7H2,1H3,(H,9,10);/q;;+2/p-2. The summed E-state index contributed by atoms with van der Waals surface area (Å²) in [5, 5.41) is 19.8. The van der Waals surface area contributed by atoms with Gasteiger partial charge < -0.3 is 19.8 Å². The number of carbonyl (C=O) groups excluding carboxylic acids is 2. The number of carboxylic acid groups (broad SMARTS) is 2. The van der Waals surface area contributed by atoms with Crippen molar-refractivity contribution in [3.05, 3.63) is 0 Å². The Morgan fingerprint density at radius 2 is 0.905 bits per heavy atom. The number of aliphatic carboxylic acids is 2. The molecule has 0 aromatic rings. The van der Waals surface area contributed by atoms with Gasteiger partial charge in [-0.2, -0.15) is 0 Å². The smallest absolute Gasteiger partial charge is 0.550 e. The monoisotopic (exact) mass is 374 g/mol. The summed E-state index contributed by atoms with van der Waals surface area (Å²) < 4.78 is 0. The van der Waals surface area contributed by atoms with Gasteiger partial charge in [-0.1, -0.05) is 65.2 Å².